The molecule has 6 nitrogen and oxygen atoms in total. The maximum atomic E-state index is 10.2. The maximum Gasteiger partial charge on any atom is 0.189 e. The van der Waals surface area contributed by atoms with Gasteiger partial charge in [0, 0.05) is 34.2 Å². The molecular weight excluding hydrogens is 344 g/mol. The van der Waals surface area contributed by atoms with Crippen LogP contribution in [0.1, 0.15) is 29.2 Å². The van der Waals surface area contributed by atoms with Gasteiger partial charge in [0.1, 0.15) is 17.2 Å². The zero-order valence-electron chi connectivity index (χ0n) is 13.6. The topological polar surface area (TPSA) is 72.3 Å². The van der Waals surface area contributed by atoms with Crippen LogP contribution in [0.25, 0.3) is 0 Å². The molecule has 0 fully saturated rings. The number of halogens is 1. The van der Waals surface area contributed by atoms with E-state index in [1.165, 1.54) is 0 Å². The largest absolute Gasteiger partial charge is 0.507 e. The van der Waals surface area contributed by atoms with E-state index in [9.17, 15) is 5.11 Å². The van der Waals surface area contributed by atoms with Crippen molar-refractivity contribution in [2.24, 2.45) is 5.10 Å². The molecule has 7 heteroatoms. The van der Waals surface area contributed by atoms with Gasteiger partial charge in [-0.1, -0.05) is 11.6 Å². The number of aromatic hydroxyl groups is 1. The smallest absolute Gasteiger partial charge is 0.189 e. The summed E-state index contributed by atoms with van der Waals surface area (Å²) in [6, 6.07) is 8.83. The van der Waals surface area contributed by atoms with Gasteiger partial charge in [-0.05, 0) is 24.3 Å². The number of rotatable bonds is 3. The first-order chi connectivity index (χ1) is 12.2. The van der Waals surface area contributed by atoms with Crippen molar-refractivity contribution in [3.05, 3.63) is 52.0 Å². The third-order valence-electron chi connectivity index (χ3n) is 4.35. The SMILES string of the molecule is COc1ccc(C2=NN[C@H](c3cc(Cl)cc4c3OCOC4)C2)c(O)c1. The van der Waals surface area contributed by atoms with Crippen molar-refractivity contribution in [3.63, 3.8) is 0 Å². The fourth-order valence-electron chi connectivity index (χ4n) is 3.14. The molecule has 0 unspecified atom stereocenters. The van der Waals surface area contributed by atoms with Crippen LogP contribution in [0.2, 0.25) is 5.02 Å². The lowest BCUT2D eigenvalue weighted by molar-refractivity contribution is -0.0173. The number of nitrogens with one attached hydrogen (secondary N) is 1. The monoisotopic (exact) mass is 360 g/mol. The number of ether oxygens (including phenoxy) is 3. The van der Waals surface area contributed by atoms with Gasteiger partial charge in [0.15, 0.2) is 6.79 Å². The van der Waals surface area contributed by atoms with E-state index < -0.39 is 0 Å². The van der Waals surface area contributed by atoms with Gasteiger partial charge in [-0.2, -0.15) is 5.10 Å². The first-order valence-electron chi connectivity index (χ1n) is 7.88. The Kier molecular flexibility index (Phi) is 4.15. The molecule has 130 valence electrons. The average Bonchev–Trinajstić information content (AvgIpc) is 3.10. The molecule has 2 aromatic rings. The summed E-state index contributed by atoms with van der Waals surface area (Å²) in [5.74, 6) is 1.53. The summed E-state index contributed by atoms with van der Waals surface area (Å²) in [5, 5.41) is 15.2. The second-order valence-corrected chi connectivity index (χ2v) is 6.36. The number of hydrogen-bond acceptors (Lipinski definition) is 6. The molecule has 0 saturated carbocycles. The zero-order valence-corrected chi connectivity index (χ0v) is 14.3. The van der Waals surface area contributed by atoms with Crippen molar-refractivity contribution in [2.45, 2.75) is 19.1 Å². The number of hydrazone groups is 1. The van der Waals surface area contributed by atoms with Crippen LogP contribution in [-0.4, -0.2) is 24.7 Å². The standard InChI is InChI=1S/C18H17ClN2O4/c1-23-12-2-3-13(17(22)6-12)15-7-16(21-20-15)14-5-11(19)4-10-8-24-9-25-18(10)14/h2-6,16,21-22H,7-9H2,1H3/t16-/m0/s1. The quantitative estimate of drug-likeness (QED) is 0.878. The van der Waals surface area contributed by atoms with Gasteiger partial charge in [0.05, 0.1) is 25.5 Å². The fourth-order valence-corrected chi connectivity index (χ4v) is 3.39. The molecule has 25 heavy (non-hydrogen) atoms. The van der Waals surface area contributed by atoms with Crippen LogP contribution < -0.4 is 14.9 Å². The summed E-state index contributed by atoms with van der Waals surface area (Å²) in [7, 11) is 1.56. The van der Waals surface area contributed by atoms with E-state index in [0.29, 0.717) is 29.4 Å². The van der Waals surface area contributed by atoms with Crippen molar-refractivity contribution >= 4 is 17.3 Å². The van der Waals surface area contributed by atoms with Crippen molar-refractivity contribution in [1.29, 1.82) is 0 Å². The number of phenols is 1. The minimum atomic E-state index is -0.0814. The van der Waals surface area contributed by atoms with Gasteiger partial charge in [0.25, 0.3) is 0 Å². The third-order valence-corrected chi connectivity index (χ3v) is 4.57. The number of benzene rings is 2. The first-order valence-corrected chi connectivity index (χ1v) is 8.26. The molecule has 0 radical (unpaired) electrons. The van der Waals surface area contributed by atoms with Gasteiger partial charge in [-0.15, -0.1) is 0 Å². The Hall–Kier alpha value is -2.44. The van der Waals surface area contributed by atoms with Crippen LogP contribution in [0.4, 0.5) is 0 Å². The molecule has 0 amide bonds. The number of fused-ring (bicyclic) bond motifs is 1. The fraction of sp³-hybridized carbons (Fsp3) is 0.278. The minimum absolute atomic E-state index is 0.0814. The molecule has 0 saturated heterocycles. The molecular formula is C18H17ClN2O4. The molecule has 0 spiro atoms. The normalized spacial score (nSPS) is 18.8. The van der Waals surface area contributed by atoms with Crippen LogP contribution in [0.3, 0.4) is 0 Å². The van der Waals surface area contributed by atoms with Crippen molar-refractivity contribution < 1.29 is 19.3 Å². The zero-order chi connectivity index (χ0) is 17.4. The highest BCUT2D eigenvalue weighted by molar-refractivity contribution is 6.30. The van der Waals surface area contributed by atoms with E-state index in [2.05, 4.69) is 10.5 Å². The van der Waals surface area contributed by atoms with E-state index in [1.807, 2.05) is 12.1 Å². The van der Waals surface area contributed by atoms with Gasteiger partial charge >= 0.3 is 0 Å². The van der Waals surface area contributed by atoms with Crippen molar-refractivity contribution in [3.8, 4) is 17.2 Å². The van der Waals surface area contributed by atoms with Crippen molar-refractivity contribution in [1.82, 2.24) is 5.43 Å². The number of methoxy groups -OCH3 is 1. The Morgan fingerprint density at radius 3 is 3.00 bits per heavy atom. The van der Waals surface area contributed by atoms with E-state index in [4.69, 9.17) is 25.8 Å². The van der Waals surface area contributed by atoms with Crippen LogP contribution >= 0.6 is 11.6 Å². The van der Waals surface area contributed by atoms with Gasteiger partial charge in [0.2, 0.25) is 0 Å². The molecule has 1 atom stereocenters. The molecule has 2 aliphatic rings. The molecule has 0 aliphatic carbocycles. The van der Waals surface area contributed by atoms with Gasteiger partial charge in [-0.3, -0.25) is 0 Å². The second kappa shape index (κ2) is 6.46. The molecule has 4 rings (SSSR count). The highest BCUT2D eigenvalue weighted by Crippen LogP contribution is 2.39. The Bertz CT molecular complexity index is 853. The summed E-state index contributed by atoms with van der Waals surface area (Å²) >= 11 is 6.24. The summed E-state index contributed by atoms with van der Waals surface area (Å²) in [6.45, 7) is 0.698. The van der Waals surface area contributed by atoms with Crippen LogP contribution in [0.15, 0.2) is 35.4 Å². The van der Waals surface area contributed by atoms with Crippen LogP contribution in [0.5, 0.6) is 17.2 Å². The first kappa shape index (κ1) is 16.1. The highest BCUT2D eigenvalue weighted by Gasteiger charge is 2.28. The molecule has 2 aliphatic heterocycles. The third kappa shape index (κ3) is 2.99. The number of phenolic OH excluding ortho intramolecular Hbond substituents is 1. The van der Waals surface area contributed by atoms with Crippen molar-refractivity contribution in [2.75, 3.05) is 13.9 Å². The Morgan fingerprint density at radius 2 is 2.20 bits per heavy atom. The Morgan fingerprint density at radius 1 is 1.32 bits per heavy atom. The summed E-state index contributed by atoms with van der Waals surface area (Å²) in [6.07, 6.45) is 0.608. The molecule has 2 aromatic carbocycles. The van der Waals surface area contributed by atoms with Crippen LogP contribution in [-0.2, 0) is 11.3 Å². The lowest BCUT2D eigenvalue weighted by atomic mass is 9.96. The predicted octanol–water partition coefficient (Wildman–Crippen LogP) is 3.36. The summed E-state index contributed by atoms with van der Waals surface area (Å²) < 4.78 is 16.1. The Labute approximate surface area is 150 Å². The number of nitrogens with zero attached hydrogens (tertiary/aromatic N) is 1. The molecule has 2 heterocycles. The van der Waals surface area contributed by atoms with E-state index in [0.717, 1.165) is 22.6 Å². The summed E-state index contributed by atoms with van der Waals surface area (Å²) in [4.78, 5) is 0. The maximum absolute atomic E-state index is 10.2. The predicted molar refractivity (Wildman–Crippen MR) is 93.4 cm³/mol. The lowest BCUT2D eigenvalue weighted by Gasteiger charge is -2.23. The van der Waals surface area contributed by atoms with E-state index in [-0.39, 0.29) is 18.6 Å². The Balaban J connectivity index is 1.61. The highest BCUT2D eigenvalue weighted by atomic mass is 35.5. The summed E-state index contributed by atoms with van der Waals surface area (Å²) in [5.41, 5.74) is 6.44. The molecule has 0 aromatic heterocycles. The molecule has 2 N–H and O–H groups in total. The minimum Gasteiger partial charge on any atom is -0.507 e. The second-order valence-electron chi connectivity index (χ2n) is 5.92. The number of hydrogen-bond donors (Lipinski definition) is 2. The average molecular weight is 361 g/mol. The van der Waals surface area contributed by atoms with Crippen LogP contribution in [0, 0.1) is 0 Å². The van der Waals surface area contributed by atoms with Gasteiger partial charge in [-0.25, -0.2) is 0 Å². The molecule has 0 bridgehead atoms. The van der Waals surface area contributed by atoms with E-state index >= 15 is 0 Å². The van der Waals surface area contributed by atoms with Gasteiger partial charge < -0.3 is 24.7 Å². The van der Waals surface area contributed by atoms with E-state index in [1.54, 1.807) is 25.3 Å². The lowest BCUT2D eigenvalue weighted by Crippen LogP contribution is -2.17.